The van der Waals surface area contributed by atoms with Crippen molar-refractivity contribution in [2.45, 2.75) is 51.0 Å². The van der Waals surface area contributed by atoms with E-state index in [1.807, 2.05) is 19.9 Å². The second-order valence-electron chi connectivity index (χ2n) is 8.59. The van der Waals surface area contributed by atoms with Crippen LogP contribution in [0, 0.1) is 5.92 Å². The van der Waals surface area contributed by atoms with E-state index in [2.05, 4.69) is 10.2 Å². The van der Waals surface area contributed by atoms with E-state index in [9.17, 15) is 17.6 Å². The largest absolute Gasteiger partial charge is 0.360 e. The molecule has 2 fully saturated rings. The molecule has 31 heavy (non-hydrogen) atoms. The zero-order chi connectivity index (χ0) is 22.6. The van der Waals surface area contributed by atoms with Crippen LogP contribution in [-0.2, 0) is 14.8 Å². The molecule has 1 heterocycles. The van der Waals surface area contributed by atoms with Crippen molar-refractivity contribution < 1.29 is 22.3 Å². The van der Waals surface area contributed by atoms with E-state index in [4.69, 9.17) is 4.74 Å². The maximum Gasteiger partial charge on any atom is 0.253 e. The fraction of sp³-hybridized carbons (Fsp3) is 0.682. The fourth-order valence-electron chi connectivity index (χ4n) is 5.15. The SMILES string of the molecule is CCCS(=O)(=O)N1CCN(C2(C(NC(=O)c3ccccc3)OC)CC(F)CC2C)CC1. The Hall–Kier alpha value is -1.55. The van der Waals surface area contributed by atoms with Gasteiger partial charge in [-0.2, -0.15) is 4.31 Å². The minimum absolute atomic E-state index is 0.0673. The number of piperazine rings is 1. The molecule has 4 unspecified atom stereocenters. The molecular weight excluding hydrogens is 421 g/mol. The minimum atomic E-state index is -3.27. The standard InChI is InChI=1S/C22H34FN3O4S/c1-4-14-31(28,29)26-12-10-25(11-13-26)22(16-19(23)15-17(22)2)21(30-3)24-20(27)18-8-6-5-7-9-18/h5-9,17,19,21H,4,10-16H2,1-3H3,(H,24,27). The van der Waals surface area contributed by atoms with Crippen molar-refractivity contribution in [3.8, 4) is 0 Å². The van der Waals surface area contributed by atoms with Gasteiger partial charge < -0.3 is 10.1 Å². The molecule has 2 aliphatic rings. The van der Waals surface area contributed by atoms with Gasteiger partial charge in [0.25, 0.3) is 5.91 Å². The number of rotatable bonds is 8. The summed E-state index contributed by atoms with van der Waals surface area (Å²) in [6.45, 7) is 5.50. The Labute approximate surface area is 185 Å². The average Bonchev–Trinajstić information content (AvgIpc) is 3.07. The van der Waals surface area contributed by atoms with E-state index in [0.29, 0.717) is 44.6 Å². The Morgan fingerprint density at radius 3 is 2.42 bits per heavy atom. The van der Waals surface area contributed by atoms with Crippen LogP contribution in [0.5, 0.6) is 0 Å². The van der Waals surface area contributed by atoms with Crippen molar-refractivity contribution in [1.29, 1.82) is 0 Å². The summed E-state index contributed by atoms with van der Waals surface area (Å²) >= 11 is 0. The summed E-state index contributed by atoms with van der Waals surface area (Å²) < 4.78 is 46.9. The van der Waals surface area contributed by atoms with Crippen molar-refractivity contribution in [3.05, 3.63) is 35.9 Å². The lowest BCUT2D eigenvalue weighted by Crippen LogP contribution is -2.68. The monoisotopic (exact) mass is 455 g/mol. The lowest BCUT2D eigenvalue weighted by Gasteiger charge is -2.51. The predicted molar refractivity (Wildman–Crippen MR) is 118 cm³/mol. The van der Waals surface area contributed by atoms with E-state index in [0.717, 1.165) is 0 Å². The summed E-state index contributed by atoms with van der Waals surface area (Å²) in [5, 5.41) is 2.97. The van der Waals surface area contributed by atoms with E-state index in [1.165, 1.54) is 11.4 Å². The fourth-order valence-corrected chi connectivity index (χ4v) is 6.64. The van der Waals surface area contributed by atoms with Crippen molar-refractivity contribution >= 4 is 15.9 Å². The lowest BCUT2D eigenvalue weighted by molar-refractivity contribution is -0.0947. The molecule has 7 nitrogen and oxygen atoms in total. The minimum Gasteiger partial charge on any atom is -0.360 e. The first kappa shape index (κ1) is 24.1. The van der Waals surface area contributed by atoms with Gasteiger partial charge >= 0.3 is 0 Å². The topological polar surface area (TPSA) is 79.0 Å². The number of benzene rings is 1. The van der Waals surface area contributed by atoms with Gasteiger partial charge in [-0.05, 0) is 30.9 Å². The van der Waals surface area contributed by atoms with Crippen LogP contribution in [-0.4, -0.2) is 80.5 Å². The summed E-state index contributed by atoms with van der Waals surface area (Å²) in [4.78, 5) is 15.0. The third-order valence-electron chi connectivity index (χ3n) is 6.68. The Morgan fingerprint density at radius 1 is 1.26 bits per heavy atom. The Balaban J connectivity index is 1.82. The first-order valence-electron chi connectivity index (χ1n) is 11.0. The van der Waals surface area contributed by atoms with Gasteiger partial charge in [-0.15, -0.1) is 0 Å². The highest BCUT2D eigenvalue weighted by Gasteiger charge is 2.56. The molecule has 0 aromatic heterocycles. The number of ether oxygens (including phenoxy) is 1. The molecule has 1 aliphatic carbocycles. The van der Waals surface area contributed by atoms with Gasteiger partial charge in [0.2, 0.25) is 10.0 Å². The van der Waals surface area contributed by atoms with Crippen molar-refractivity contribution in [2.24, 2.45) is 5.92 Å². The van der Waals surface area contributed by atoms with Crippen LogP contribution in [0.15, 0.2) is 30.3 Å². The first-order chi connectivity index (χ1) is 14.7. The van der Waals surface area contributed by atoms with Crippen LogP contribution >= 0.6 is 0 Å². The summed E-state index contributed by atoms with van der Waals surface area (Å²) in [7, 11) is -1.75. The molecule has 1 saturated carbocycles. The number of sulfonamides is 1. The number of hydrogen-bond acceptors (Lipinski definition) is 5. The van der Waals surface area contributed by atoms with Crippen molar-refractivity contribution in [3.63, 3.8) is 0 Å². The lowest BCUT2D eigenvalue weighted by atomic mass is 9.83. The van der Waals surface area contributed by atoms with Gasteiger partial charge in [0.1, 0.15) is 12.4 Å². The Bertz CT molecular complexity index is 846. The zero-order valence-corrected chi connectivity index (χ0v) is 19.4. The first-order valence-corrected chi connectivity index (χ1v) is 12.6. The number of nitrogens with one attached hydrogen (secondary N) is 1. The summed E-state index contributed by atoms with van der Waals surface area (Å²) in [5.41, 5.74) is -0.225. The molecule has 4 atom stereocenters. The molecule has 0 radical (unpaired) electrons. The van der Waals surface area contributed by atoms with Crippen molar-refractivity contribution in [1.82, 2.24) is 14.5 Å². The van der Waals surface area contributed by atoms with Gasteiger partial charge in [0, 0.05) is 45.3 Å². The van der Waals surface area contributed by atoms with Crippen LogP contribution in [0.1, 0.15) is 43.5 Å². The molecule has 0 spiro atoms. The number of halogens is 1. The van der Waals surface area contributed by atoms with E-state index in [-0.39, 0.29) is 24.0 Å². The number of carbonyl (C=O) groups excluding carboxylic acids is 1. The molecule has 1 aromatic rings. The molecule has 1 saturated heterocycles. The number of carbonyl (C=O) groups is 1. The normalized spacial score (nSPS) is 29.0. The van der Waals surface area contributed by atoms with E-state index in [1.54, 1.807) is 24.3 Å². The molecule has 0 bridgehead atoms. The molecule has 1 aliphatic heterocycles. The van der Waals surface area contributed by atoms with Crippen LogP contribution < -0.4 is 5.32 Å². The smallest absolute Gasteiger partial charge is 0.253 e. The van der Waals surface area contributed by atoms with Gasteiger partial charge in [-0.3, -0.25) is 9.69 Å². The highest BCUT2D eigenvalue weighted by atomic mass is 32.2. The maximum atomic E-state index is 14.6. The van der Waals surface area contributed by atoms with Gasteiger partial charge in [0.05, 0.1) is 11.3 Å². The average molecular weight is 456 g/mol. The van der Waals surface area contributed by atoms with Crippen LogP contribution in [0.2, 0.25) is 0 Å². The highest BCUT2D eigenvalue weighted by molar-refractivity contribution is 7.89. The van der Waals surface area contributed by atoms with Gasteiger partial charge in [-0.1, -0.05) is 32.0 Å². The number of methoxy groups -OCH3 is 1. The zero-order valence-electron chi connectivity index (χ0n) is 18.6. The number of hydrogen-bond donors (Lipinski definition) is 1. The van der Waals surface area contributed by atoms with Crippen LogP contribution in [0.3, 0.4) is 0 Å². The number of alkyl halides is 1. The molecule has 3 rings (SSSR count). The van der Waals surface area contributed by atoms with Gasteiger partial charge in [0.15, 0.2) is 0 Å². The molecule has 9 heteroatoms. The Kier molecular flexibility index (Phi) is 7.72. The van der Waals surface area contributed by atoms with Crippen molar-refractivity contribution in [2.75, 3.05) is 39.0 Å². The Morgan fingerprint density at radius 2 is 1.90 bits per heavy atom. The van der Waals surface area contributed by atoms with Crippen LogP contribution in [0.4, 0.5) is 4.39 Å². The van der Waals surface area contributed by atoms with Crippen LogP contribution in [0.25, 0.3) is 0 Å². The molecular formula is C22H34FN3O4S. The summed E-state index contributed by atoms with van der Waals surface area (Å²) in [6.07, 6.45) is -0.513. The second-order valence-corrected chi connectivity index (χ2v) is 10.7. The van der Waals surface area contributed by atoms with E-state index < -0.39 is 28.0 Å². The van der Waals surface area contributed by atoms with E-state index >= 15 is 0 Å². The summed E-state index contributed by atoms with van der Waals surface area (Å²) in [5.74, 6) is -0.206. The second kappa shape index (κ2) is 9.94. The molecule has 1 amide bonds. The molecule has 174 valence electrons. The third-order valence-corrected chi connectivity index (χ3v) is 8.76. The third kappa shape index (κ3) is 4.94. The van der Waals surface area contributed by atoms with Gasteiger partial charge in [-0.25, -0.2) is 12.8 Å². The predicted octanol–water partition coefficient (Wildman–Crippen LogP) is 2.25. The summed E-state index contributed by atoms with van der Waals surface area (Å²) in [6, 6.07) is 8.87. The number of nitrogens with zero attached hydrogens (tertiary/aromatic N) is 2. The number of amides is 1. The molecule has 1 aromatic carbocycles. The quantitative estimate of drug-likeness (QED) is 0.609. The maximum absolute atomic E-state index is 14.6. The molecule has 1 N–H and O–H groups in total. The highest BCUT2D eigenvalue weighted by Crippen LogP contribution is 2.45.